The molecule has 0 atom stereocenters. The van der Waals surface area contributed by atoms with Crippen molar-refractivity contribution in [2.45, 2.75) is 6.42 Å². The number of nitrogens with two attached hydrogens (primary N) is 1. The summed E-state index contributed by atoms with van der Waals surface area (Å²) in [6.07, 6.45) is 4.84. The first-order chi connectivity index (χ1) is 7.27. The quantitative estimate of drug-likeness (QED) is 0.616. The van der Waals surface area contributed by atoms with Gasteiger partial charge in [-0.05, 0) is 12.0 Å². The second kappa shape index (κ2) is 6.38. The van der Waals surface area contributed by atoms with Gasteiger partial charge in [0, 0.05) is 11.4 Å². The molecule has 0 aliphatic rings. The molecule has 0 fully saturated rings. The van der Waals surface area contributed by atoms with Crippen LogP contribution in [0.1, 0.15) is 22.3 Å². The minimum atomic E-state index is -0.0358. The monoisotopic (exact) mass is 223 g/mol. The van der Waals surface area contributed by atoms with E-state index in [4.69, 9.17) is 17.3 Å². The van der Waals surface area contributed by atoms with Crippen LogP contribution in [-0.4, -0.2) is 18.2 Å². The van der Waals surface area contributed by atoms with Crippen molar-refractivity contribution in [3.8, 4) is 0 Å². The fraction of sp³-hybridized carbons (Fsp3) is 0.250. The third-order valence-electron chi connectivity index (χ3n) is 2.00. The van der Waals surface area contributed by atoms with E-state index in [1.807, 2.05) is 24.3 Å². The van der Waals surface area contributed by atoms with Crippen LogP contribution in [0.15, 0.2) is 30.3 Å². The molecule has 1 aromatic rings. The maximum atomic E-state index is 11.2. The molecule has 0 amide bonds. The van der Waals surface area contributed by atoms with Gasteiger partial charge in [-0.25, -0.2) is 0 Å². The van der Waals surface area contributed by atoms with Gasteiger partial charge >= 0.3 is 0 Å². The van der Waals surface area contributed by atoms with Crippen molar-refractivity contribution in [2.75, 3.05) is 12.4 Å². The Bertz CT molecular complexity index is 343. The number of ketones is 1. The van der Waals surface area contributed by atoms with Gasteiger partial charge in [0.25, 0.3) is 0 Å². The fourth-order valence-corrected chi connectivity index (χ4v) is 1.31. The minimum absolute atomic E-state index is 0.0358. The van der Waals surface area contributed by atoms with Crippen LogP contribution < -0.4 is 5.73 Å². The highest BCUT2D eigenvalue weighted by molar-refractivity contribution is 6.17. The van der Waals surface area contributed by atoms with Crippen molar-refractivity contribution in [3.63, 3.8) is 0 Å². The van der Waals surface area contributed by atoms with Crippen LogP contribution in [0.2, 0.25) is 0 Å². The Morgan fingerprint density at radius 3 is 2.53 bits per heavy atom. The molecule has 1 rings (SSSR count). The third kappa shape index (κ3) is 3.86. The first kappa shape index (κ1) is 12.0. The molecule has 0 heterocycles. The topological polar surface area (TPSA) is 43.1 Å². The van der Waals surface area contributed by atoms with E-state index in [1.54, 1.807) is 12.1 Å². The fourth-order valence-electron chi connectivity index (χ4n) is 1.18. The third-order valence-corrected chi connectivity index (χ3v) is 2.22. The number of benzene rings is 1. The summed E-state index contributed by atoms with van der Waals surface area (Å²) < 4.78 is 0. The van der Waals surface area contributed by atoms with Crippen LogP contribution >= 0.6 is 11.6 Å². The Morgan fingerprint density at radius 2 is 2.00 bits per heavy atom. The van der Waals surface area contributed by atoms with E-state index < -0.39 is 0 Å². The second-order valence-corrected chi connectivity index (χ2v) is 3.51. The summed E-state index contributed by atoms with van der Waals surface area (Å²) in [6, 6.07) is 7.37. The van der Waals surface area contributed by atoms with Gasteiger partial charge in [-0.3, -0.25) is 4.79 Å². The van der Waals surface area contributed by atoms with Crippen molar-refractivity contribution in [1.29, 1.82) is 0 Å². The van der Waals surface area contributed by atoms with Crippen LogP contribution in [0, 0.1) is 0 Å². The molecule has 2 N–H and O–H groups in total. The van der Waals surface area contributed by atoms with Crippen LogP contribution in [-0.2, 0) is 0 Å². The second-order valence-electron chi connectivity index (χ2n) is 3.13. The molecule has 15 heavy (non-hydrogen) atoms. The smallest absolute Gasteiger partial charge is 0.176 e. The molecule has 0 aromatic heterocycles. The number of rotatable bonds is 5. The first-order valence-corrected chi connectivity index (χ1v) is 5.37. The summed E-state index contributed by atoms with van der Waals surface area (Å²) in [5.41, 5.74) is 6.99. The Morgan fingerprint density at radius 1 is 1.33 bits per heavy atom. The number of alkyl halides is 1. The van der Waals surface area contributed by atoms with Gasteiger partial charge in [-0.15, -0.1) is 11.6 Å². The van der Waals surface area contributed by atoms with Crippen LogP contribution in [0.4, 0.5) is 0 Å². The predicted octanol–water partition coefficient (Wildman–Crippen LogP) is 2.47. The van der Waals surface area contributed by atoms with Crippen molar-refractivity contribution in [1.82, 2.24) is 0 Å². The Hall–Kier alpha value is -1.12. The molecule has 80 valence electrons. The zero-order chi connectivity index (χ0) is 11.1. The average molecular weight is 224 g/mol. The van der Waals surface area contributed by atoms with Crippen molar-refractivity contribution in [3.05, 3.63) is 41.5 Å². The van der Waals surface area contributed by atoms with Gasteiger partial charge in [0.05, 0.1) is 6.54 Å². The van der Waals surface area contributed by atoms with E-state index in [9.17, 15) is 4.79 Å². The van der Waals surface area contributed by atoms with Gasteiger partial charge in [0.1, 0.15) is 0 Å². The lowest BCUT2D eigenvalue weighted by Gasteiger charge is -1.98. The van der Waals surface area contributed by atoms with Crippen molar-refractivity contribution >= 4 is 23.5 Å². The first-order valence-electron chi connectivity index (χ1n) is 4.83. The van der Waals surface area contributed by atoms with Gasteiger partial charge in [-0.2, -0.15) is 0 Å². The number of allylic oxidation sites excluding steroid dienone is 1. The minimum Gasteiger partial charge on any atom is -0.324 e. The van der Waals surface area contributed by atoms with E-state index in [2.05, 4.69) is 0 Å². The normalized spacial score (nSPS) is 10.8. The highest BCUT2D eigenvalue weighted by atomic mass is 35.5. The maximum Gasteiger partial charge on any atom is 0.176 e. The summed E-state index contributed by atoms with van der Waals surface area (Å²) >= 11 is 5.54. The molecule has 2 nitrogen and oxygen atoms in total. The zero-order valence-corrected chi connectivity index (χ0v) is 9.20. The molecule has 0 aliphatic carbocycles. The standard InChI is InChI=1S/C12H14ClNO/c13-8-2-1-3-10-4-6-11(7-5-10)12(15)9-14/h1,3-7H,2,8-9,14H2. The lowest BCUT2D eigenvalue weighted by molar-refractivity contribution is 0.100. The summed E-state index contributed by atoms with van der Waals surface area (Å²) in [5.74, 6) is 0.589. The molecule has 3 heteroatoms. The Kier molecular flexibility index (Phi) is 5.08. The van der Waals surface area contributed by atoms with E-state index in [0.29, 0.717) is 11.4 Å². The molecule has 0 saturated heterocycles. The highest BCUT2D eigenvalue weighted by Gasteiger charge is 2.01. The summed E-state index contributed by atoms with van der Waals surface area (Å²) in [6.45, 7) is 0.0570. The van der Waals surface area contributed by atoms with E-state index >= 15 is 0 Å². The number of hydrogen-bond acceptors (Lipinski definition) is 2. The summed E-state index contributed by atoms with van der Waals surface area (Å²) in [4.78, 5) is 11.2. The van der Waals surface area contributed by atoms with Gasteiger partial charge < -0.3 is 5.73 Å². The molecule has 0 saturated carbocycles. The van der Waals surface area contributed by atoms with Crippen LogP contribution in [0.3, 0.4) is 0 Å². The molecule has 0 unspecified atom stereocenters. The van der Waals surface area contributed by atoms with E-state index in [1.165, 1.54) is 0 Å². The number of hydrogen-bond donors (Lipinski definition) is 1. The molecule has 0 radical (unpaired) electrons. The summed E-state index contributed by atoms with van der Waals surface area (Å²) in [7, 11) is 0. The highest BCUT2D eigenvalue weighted by Crippen LogP contribution is 2.07. The molecule has 0 spiro atoms. The SMILES string of the molecule is NCC(=O)c1ccc(C=CCCCl)cc1. The van der Waals surface area contributed by atoms with Crippen molar-refractivity contribution in [2.24, 2.45) is 5.73 Å². The lowest BCUT2D eigenvalue weighted by Crippen LogP contribution is -2.13. The van der Waals surface area contributed by atoms with Crippen LogP contribution in [0.5, 0.6) is 0 Å². The van der Waals surface area contributed by atoms with Crippen molar-refractivity contribution < 1.29 is 4.79 Å². The van der Waals surface area contributed by atoms with E-state index in [-0.39, 0.29) is 12.3 Å². The molecule has 0 bridgehead atoms. The molecule has 1 aromatic carbocycles. The van der Waals surface area contributed by atoms with Gasteiger partial charge in [0.2, 0.25) is 0 Å². The Balaban J connectivity index is 2.68. The number of carbonyl (C=O) groups is 1. The number of halogens is 1. The van der Waals surface area contributed by atoms with Gasteiger partial charge in [0.15, 0.2) is 5.78 Å². The average Bonchev–Trinajstić information content (AvgIpc) is 2.29. The molecular weight excluding hydrogens is 210 g/mol. The number of Topliss-reactive ketones (excluding diaryl/α,β-unsaturated/α-hetero) is 1. The summed E-state index contributed by atoms with van der Waals surface area (Å²) in [5, 5.41) is 0. The largest absolute Gasteiger partial charge is 0.324 e. The predicted molar refractivity (Wildman–Crippen MR) is 64.2 cm³/mol. The number of carbonyl (C=O) groups excluding carboxylic acids is 1. The van der Waals surface area contributed by atoms with Crippen LogP contribution in [0.25, 0.3) is 6.08 Å². The zero-order valence-electron chi connectivity index (χ0n) is 8.45. The lowest BCUT2D eigenvalue weighted by atomic mass is 10.1. The van der Waals surface area contributed by atoms with E-state index in [0.717, 1.165) is 12.0 Å². The maximum absolute atomic E-state index is 11.2. The molecule has 0 aliphatic heterocycles. The molecular formula is C12H14ClNO. The van der Waals surface area contributed by atoms with Gasteiger partial charge in [-0.1, -0.05) is 36.4 Å². The Labute approximate surface area is 94.7 Å².